The molecule has 1 saturated heterocycles. The number of rotatable bonds is 6. The van der Waals surface area contributed by atoms with Crippen molar-refractivity contribution in [2.45, 2.75) is 52.2 Å². The van der Waals surface area contributed by atoms with Gasteiger partial charge in [-0.1, -0.05) is 51.5 Å². The molecule has 0 bridgehead atoms. The van der Waals surface area contributed by atoms with Crippen LogP contribution in [0, 0.1) is 5.41 Å². The summed E-state index contributed by atoms with van der Waals surface area (Å²) >= 11 is 0. The second-order valence-corrected chi connectivity index (χ2v) is 11.1. The van der Waals surface area contributed by atoms with Gasteiger partial charge in [-0.3, -0.25) is 4.79 Å². The molecule has 4 heteroatoms. The third-order valence-electron chi connectivity index (χ3n) is 3.48. The van der Waals surface area contributed by atoms with Crippen LogP contribution in [0.15, 0.2) is 11.2 Å². The van der Waals surface area contributed by atoms with E-state index in [4.69, 9.17) is 10.8 Å². The van der Waals surface area contributed by atoms with Crippen molar-refractivity contribution in [2.75, 3.05) is 20.3 Å². The van der Waals surface area contributed by atoms with Gasteiger partial charge in [0, 0.05) is 0 Å². The van der Waals surface area contributed by atoms with Crippen LogP contribution in [0.1, 0.15) is 34.0 Å². The molecule has 0 saturated carbocycles. The Balaban J connectivity index is 3.17. The van der Waals surface area contributed by atoms with Gasteiger partial charge < -0.3 is 9.47 Å². The highest BCUT2D eigenvalue weighted by atomic mass is 28.3. The molecule has 1 fully saturated rings. The van der Waals surface area contributed by atoms with Crippen LogP contribution in [-0.4, -0.2) is 34.4 Å². The summed E-state index contributed by atoms with van der Waals surface area (Å²) in [6, 6.07) is 0. The van der Waals surface area contributed by atoms with E-state index >= 15 is 0 Å². The van der Waals surface area contributed by atoms with Crippen LogP contribution in [0.25, 0.3) is 0 Å². The lowest BCUT2D eigenvalue weighted by molar-refractivity contribution is -0.151. The van der Waals surface area contributed by atoms with Gasteiger partial charge >= 0.3 is 5.97 Å². The second kappa shape index (κ2) is 6.71. The third kappa shape index (κ3) is 4.18. The Morgan fingerprint density at radius 3 is 2.74 bits per heavy atom. The monoisotopic (exact) mass is 285 g/mol. The fourth-order valence-corrected chi connectivity index (χ4v) is 3.76. The standard InChI is InChI=1S/C15H28O3Si/c1-6-7-8-9-15(14(16)17-2)12-18-10-13(15)11-19(3,4)5/h11H,6-10,12H2,1-5H3/b13-11+/i11D. The van der Waals surface area contributed by atoms with Gasteiger partial charge in [0.1, 0.15) is 5.41 Å². The summed E-state index contributed by atoms with van der Waals surface area (Å²) in [5.41, 5.74) is 0.817. The predicted molar refractivity (Wildman–Crippen MR) is 80.8 cm³/mol. The molecule has 1 atom stereocenters. The van der Waals surface area contributed by atoms with E-state index < -0.39 is 13.5 Å². The molecule has 3 nitrogen and oxygen atoms in total. The van der Waals surface area contributed by atoms with E-state index in [1.165, 1.54) is 7.11 Å². The van der Waals surface area contributed by atoms with Crippen molar-refractivity contribution >= 4 is 14.0 Å². The fourth-order valence-electron chi connectivity index (χ4n) is 2.54. The van der Waals surface area contributed by atoms with Gasteiger partial charge in [0.15, 0.2) is 0 Å². The zero-order valence-electron chi connectivity index (χ0n) is 14.0. The van der Waals surface area contributed by atoms with Crippen molar-refractivity contribution in [3.8, 4) is 0 Å². The maximum absolute atomic E-state index is 12.4. The Morgan fingerprint density at radius 2 is 2.21 bits per heavy atom. The number of carbonyl (C=O) groups excluding carboxylic acids is 1. The first-order valence-electron chi connectivity index (χ1n) is 7.66. The number of methoxy groups -OCH3 is 1. The van der Waals surface area contributed by atoms with Crippen molar-refractivity contribution in [3.63, 3.8) is 0 Å². The van der Waals surface area contributed by atoms with Crippen LogP contribution in [0.2, 0.25) is 19.6 Å². The minimum Gasteiger partial charge on any atom is -0.468 e. The molecule has 1 rings (SSSR count). The van der Waals surface area contributed by atoms with Crippen molar-refractivity contribution in [1.29, 1.82) is 0 Å². The Hall–Kier alpha value is -0.613. The molecule has 0 aromatic heterocycles. The summed E-state index contributed by atoms with van der Waals surface area (Å²) in [4.78, 5) is 12.4. The normalized spacial score (nSPS) is 27.1. The Labute approximate surface area is 119 Å². The highest BCUT2D eigenvalue weighted by molar-refractivity contribution is 6.81. The molecule has 0 spiro atoms. The van der Waals surface area contributed by atoms with E-state index in [0.29, 0.717) is 18.9 Å². The first-order chi connectivity index (χ1) is 9.29. The first-order valence-corrected chi connectivity index (χ1v) is 10.7. The maximum atomic E-state index is 12.4. The second-order valence-electron chi connectivity index (χ2n) is 6.38. The largest absolute Gasteiger partial charge is 0.468 e. The highest BCUT2D eigenvalue weighted by Crippen LogP contribution is 2.41. The van der Waals surface area contributed by atoms with Crippen LogP contribution in [-0.2, 0) is 14.3 Å². The summed E-state index contributed by atoms with van der Waals surface area (Å²) in [5, 5.41) is 0. The first kappa shape index (κ1) is 14.8. The lowest BCUT2D eigenvalue weighted by Crippen LogP contribution is -2.36. The van der Waals surface area contributed by atoms with Gasteiger partial charge in [0.2, 0.25) is 0 Å². The average molecular weight is 285 g/mol. The highest BCUT2D eigenvalue weighted by Gasteiger charge is 2.47. The lowest BCUT2D eigenvalue weighted by atomic mass is 9.79. The minimum atomic E-state index is -1.76. The summed E-state index contributed by atoms with van der Waals surface area (Å²) < 4.78 is 19.1. The van der Waals surface area contributed by atoms with E-state index in [0.717, 1.165) is 31.3 Å². The summed E-state index contributed by atoms with van der Waals surface area (Å²) in [5.74, 6) is -0.232. The van der Waals surface area contributed by atoms with Crippen LogP contribution >= 0.6 is 0 Å². The molecule has 19 heavy (non-hydrogen) atoms. The molecule has 0 aliphatic carbocycles. The molecule has 0 aromatic carbocycles. The average Bonchev–Trinajstić information content (AvgIpc) is 2.81. The van der Waals surface area contributed by atoms with Crippen molar-refractivity contribution < 1.29 is 15.6 Å². The smallest absolute Gasteiger partial charge is 0.318 e. The third-order valence-corrected chi connectivity index (χ3v) is 4.53. The fraction of sp³-hybridized carbons (Fsp3) is 0.800. The Bertz CT molecular complexity index is 387. The summed E-state index contributed by atoms with van der Waals surface area (Å²) in [6.07, 6.45) is 3.90. The Morgan fingerprint density at radius 1 is 1.53 bits per heavy atom. The van der Waals surface area contributed by atoms with Gasteiger partial charge in [-0.25, -0.2) is 0 Å². The minimum absolute atomic E-state index is 0.232. The molecule has 1 aliphatic heterocycles. The number of unbranched alkanes of at least 4 members (excludes halogenated alkanes) is 2. The van der Waals surface area contributed by atoms with Gasteiger partial charge in [-0.05, 0) is 12.0 Å². The predicted octanol–water partition coefficient (Wildman–Crippen LogP) is 3.56. The lowest BCUT2D eigenvalue weighted by Gasteiger charge is -2.28. The van der Waals surface area contributed by atoms with Crippen LogP contribution in [0.5, 0.6) is 0 Å². The van der Waals surface area contributed by atoms with Gasteiger partial charge in [0.05, 0.1) is 29.8 Å². The number of hydrogen-bond acceptors (Lipinski definition) is 3. The molecule has 1 unspecified atom stereocenters. The molecular formula is C15H28O3Si. The Kier molecular flexibility index (Phi) is 5.22. The molecule has 0 amide bonds. The van der Waals surface area contributed by atoms with E-state index in [1.807, 2.05) is 0 Å². The number of carbonyl (C=O) groups is 1. The molecule has 110 valence electrons. The molecule has 1 heterocycles. The summed E-state index contributed by atoms with van der Waals surface area (Å²) in [7, 11) is -0.334. The van der Waals surface area contributed by atoms with Crippen molar-refractivity contribution in [3.05, 3.63) is 11.2 Å². The number of hydrogen-bond donors (Lipinski definition) is 0. The zero-order chi connectivity index (χ0) is 15.4. The quantitative estimate of drug-likeness (QED) is 0.425. The SMILES string of the molecule is [2H]/C(=C1/COCC1(CCCCC)C(=O)OC)[Si](C)(C)C. The molecule has 0 N–H and O–H groups in total. The number of ether oxygens (including phenoxy) is 2. The van der Waals surface area contributed by atoms with E-state index in [9.17, 15) is 4.79 Å². The van der Waals surface area contributed by atoms with Crippen molar-refractivity contribution in [1.82, 2.24) is 0 Å². The van der Waals surface area contributed by atoms with E-state index in [1.54, 1.807) is 0 Å². The van der Waals surface area contributed by atoms with Gasteiger partial charge in [-0.15, -0.1) is 0 Å². The topological polar surface area (TPSA) is 35.5 Å². The zero-order valence-corrected chi connectivity index (χ0v) is 14.0. The molecular weight excluding hydrogens is 256 g/mol. The van der Waals surface area contributed by atoms with Crippen LogP contribution in [0.4, 0.5) is 0 Å². The van der Waals surface area contributed by atoms with Crippen LogP contribution < -0.4 is 0 Å². The molecule has 0 radical (unpaired) electrons. The number of esters is 1. The molecule has 0 aromatic rings. The van der Waals surface area contributed by atoms with Gasteiger partial charge in [0.25, 0.3) is 0 Å². The summed E-state index contributed by atoms with van der Waals surface area (Å²) in [6.45, 7) is 9.32. The van der Waals surface area contributed by atoms with Crippen LogP contribution in [0.3, 0.4) is 0 Å². The van der Waals surface area contributed by atoms with Crippen molar-refractivity contribution in [2.24, 2.45) is 5.41 Å². The maximum Gasteiger partial charge on any atom is 0.318 e. The van der Waals surface area contributed by atoms with Gasteiger partial charge in [-0.2, -0.15) is 0 Å². The van der Waals surface area contributed by atoms with E-state index in [-0.39, 0.29) is 5.97 Å². The van der Waals surface area contributed by atoms with E-state index in [2.05, 4.69) is 26.6 Å². The molecule has 1 aliphatic rings.